The fraction of sp³-hybridized carbons (Fsp3) is 0.310. The highest BCUT2D eigenvalue weighted by Gasteiger charge is 2.33. The van der Waals surface area contributed by atoms with E-state index in [4.69, 9.17) is 0 Å². The van der Waals surface area contributed by atoms with E-state index in [2.05, 4.69) is 5.32 Å². The topological polar surface area (TPSA) is 86.8 Å². The normalized spacial score (nSPS) is 12.0. The summed E-state index contributed by atoms with van der Waals surface area (Å²) in [4.78, 5) is 28.2. The number of carbonyl (C=O) groups excluding carboxylic acids is 2. The standard InChI is InChI=1S/C29H35N3O4S/c1-6-26(29(34)30-5)31(19-24-10-8-7-9-11-24)28(33)20-32(27-18-22(3)12-15-23(27)4)37(35,36)25-16-13-21(2)14-17-25/h7-18,26H,6,19-20H2,1-5H3,(H,30,34). The summed E-state index contributed by atoms with van der Waals surface area (Å²) in [5.74, 6) is -0.762. The maximum absolute atomic E-state index is 13.9. The Morgan fingerprint density at radius 3 is 2.11 bits per heavy atom. The molecule has 0 aliphatic heterocycles. The summed E-state index contributed by atoms with van der Waals surface area (Å²) >= 11 is 0. The minimum Gasteiger partial charge on any atom is -0.357 e. The van der Waals surface area contributed by atoms with Crippen LogP contribution in [-0.4, -0.2) is 44.8 Å². The molecule has 2 amide bonds. The maximum Gasteiger partial charge on any atom is 0.264 e. The number of sulfonamides is 1. The molecule has 196 valence electrons. The van der Waals surface area contributed by atoms with Gasteiger partial charge in [-0.25, -0.2) is 8.42 Å². The molecule has 1 unspecified atom stereocenters. The molecule has 0 aliphatic rings. The first kappa shape index (κ1) is 27.9. The number of hydrogen-bond donors (Lipinski definition) is 1. The second-order valence-corrected chi connectivity index (χ2v) is 11.0. The van der Waals surface area contributed by atoms with Crippen molar-refractivity contribution < 1.29 is 18.0 Å². The number of aryl methyl sites for hydroxylation is 3. The molecule has 0 radical (unpaired) electrons. The number of hydrogen-bond acceptors (Lipinski definition) is 4. The predicted octanol–water partition coefficient (Wildman–Crippen LogP) is 4.36. The van der Waals surface area contributed by atoms with Crippen molar-refractivity contribution in [3.8, 4) is 0 Å². The monoisotopic (exact) mass is 521 g/mol. The molecular formula is C29H35N3O4S. The Kier molecular flexibility index (Phi) is 9.10. The van der Waals surface area contributed by atoms with Crippen LogP contribution in [0, 0.1) is 20.8 Å². The predicted molar refractivity (Wildman–Crippen MR) is 147 cm³/mol. The summed E-state index contributed by atoms with van der Waals surface area (Å²) in [5, 5.41) is 2.64. The van der Waals surface area contributed by atoms with Gasteiger partial charge in [-0.15, -0.1) is 0 Å². The molecule has 3 rings (SSSR count). The number of anilines is 1. The van der Waals surface area contributed by atoms with Gasteiger partial charge in [0.15, 0.2) is 0 Å². The van der Waals surface area contributed by atoms with Crippen LogP contribution in [0.2, 0.25) is 0 Å². The molecule has 37 heavy (non-hydrogen) atoms. The number of amides is 2. The van der Waals surface area contributed by atoms with Crippen LogP contribution in [0.4, 0.5) is 5.69 Å². The van der Waals surface area contributed by atoms with Gasteiger partial charge >= 0.3 is 0 Å². The van der Waals surface area contributed by atoms with Gasteiger partial charge in [-0.2, -0.15) is 0 Å². The average molecular weight is 522 g/mol. The number of likely N-dealkylation sites (N-methyl/N-ethyl adjacent to an activating group) is 1. The molecule has 3 aromatic carbocycles. The number of nitrogens with one attached hydrogen (secondary N) is 1. The van der Waals surface area contributed by atoms with Crippen molar-refractivity contribution in [2.24, 2.45) is 0 Å². The minimum absolute atomic E-state index is 0.0970. The highest BCUT2D eigenvalue weighted by molar-refractivity contribution is 7.92. The van der Waals surface area contributed by atoms with E-state index in [9.17, 15) is 18.0 Å². The fourth-order valence-corrected chi connectivity index (χ4v) is 5.68. The van der Waals surface area contributed by atoms with Gasteiger partial charge in [0, 0.05) is 13.6 Å². The van der Waals surface area contributed by atoms with Gasteiger partial charge in [0.25, 0.3) is 10.0 Å². The van der Waals surface area contributed by atoms with Gasteiger partial charge in [-0.05, 0) is 62.1 Å². The zero-order valence-electron chi connectivity index (χ0n) is 22.1. The van der Waals surface area contributed by atoms with E-state index in [-0.39, 0.29) is 17.3 Å². The smallest absolute Gasteiger partial charge is 0.264 e. The average Bonchev–Trinajstić information content (AvgIpc) is 2.89. The van der Waals surface area contributed by atoms with E-state index >= 15 is 0 Å². The van der Waals surface area contributed by atoms with Crippen molar-refractivity contribution in [1.82, 2.24) is 10.2 Å². The van der Waals surface area contributed by atoms with Crippen molar-refractivity contribution in [1.29, 1.82) is 0 Å². The SMILES string of the molecule is CCC(C(=O)NC)N(Cc1ccccc1)C(=O)CN(c1cc(C)ccc1C)S(=O)(=O)c1ccc(C)cc1. The Morgan fingerprint density at radius 1 is 0.892 bits per heavy atom. The number of carbonyl (C=O) groups is 2. The van der Waals surface area contributed by atoms with Gasteiger partial charge in [-0.3, -0.25) is 13.9 Å². The molecule has 0 heterocycles. The maximum atomic E-state index is 13.9. The Morgan fingerprint density at radius 2 is 1.51 bits per heavy atom. The molecule has 8 heteroatoms. The Labute approximate surface area is 220 Å². The van der Waals surface area contributed by atoms with Crippen molar-refractivity contribution in [3.05, 3.63) is 95.1 Å². The van der Waals surface area contributed by atoms with E-state index in [1.165, 1.54) is 11.9 Å². The lowest BCUT2D eigenvalue weighted by atomic mass is 10.1. The van der Waals surface area contributed by atoms with Crippen LogP contribution in [0.1, 0.15) is 35.6 Å². The summed E-state index contributed by atoms with van der Waals surface area (Å²) in [6.07, 6.45) is 0.381. The number of benzene rings is 3. The van der Waals surface area contributed by atoms with Crippen molar-refractivity contribution in [3.63, 3.8) is 0 Å². The van der Waals surface area contributed by atoms with Crippen LogP contribution in [0.3, 0.4) is 0 Å². The third-order valence-electron chi connectivity index (χ3n) is 6.35. The van der Waals surface area contributed by atoms with E-state index < -0.39 is 28.5 Å². The van der Waals surface area contributed by atoms with Crippen molar-refractivity contribution in [2.45, 2.75) is 51.6 Å². The number of nitrogens with zero attached hydrogens (tertiary/aromatic N) is 2. The lowest BCUT2D eigenvalue weighted by molar-refractivity contribution is -0.140. The van der Waals surface area contributed by atoms with Crippen LogP contribution in [0.5, 0.6) is 0 Å². The first-order chi connectivity index (χ1) is 17.6. The fourth-order valence-electron chi connectivity index (χ4n) is 4.21. The Balaban J connectivity index is 2.10. The van der Waals surface area contributed by atoms with Gasteiger partial charge in [0.2, 0.25) is 11.8 Å². The van der Waals surface area contributed by atoms with E-state index in [1.807, 2.05) is 70.2 Å². The summed E-state index contributed by atoms with van der Waals surface area (Å²) in [5.41, 5.74) is 3.80. The van der Waals surface area contributed by atoms with Crippen LogP contribution < -0.4 is 9.62 Å². The molecule has 7 nitrogen and oxygen atoms in total. The van der Waals surface area contributed by atoms with Gasteiger partial charge in [-0.1, -0.05) is 67.1 Å². The van der Waals surface area contributed by atoms with E-state index in [0.29, 0.717) is 12.1 Å². The van der Waals surface area contributed by atoms with Crippen LogP contribution >= 0.6 is 0 Å². The lowest BCUT2D eigenvalue weighted by Crippen LogP contribution is -2.51. The molecule has 0 bridgehead atoms. The highest BCUT2D eigenvalue weighted by Crippen LogP contribution is 2.29. The quantitative estimate of drug-likeness (QED) is 0.430. The van der Waals surface area contributed by atoms with E-state index in [1.54, 1.807) is 30.3 Å². The zero-order valence-corrected chi connectivity index (χ0v) is 22.9. The number of rotatable bonds is 10. The largest absolute Gasteiger partial charge is 0.357 e. The molecular weight excluding hydrogens is 486 g/mol. The molecule has 3 aromatic rings. The summed E-state index contributed by atoms with van der Waals surface area (Å²) in [7, 11) is -2.56. The van der Waals surface area contributed by atoms with Crippen molar-refractivity contribution >= 4 is 27.5 Å². The van der Waals surface area contributed by atoms with Crippen LogP contribution in [0.25, 0.3) is 0 Å². The van der Waals surface area contributed by atoms with Crippen LogP contribution in [-0.2, 0) is 26.2 Å². The molecule has 1 atom stereocenters. The first-order valence-electron chi connectivity index (χ1n) is 12.3. The third kappa shape index (κ3) is 6.57. The second-order valence-electron chi connectivity index (χ2n) is 9.16. The Hall–Kier alpha value is -3.65. The molecule has 0 saturated heterocycles. The molecule has 0 fully saturated rings. The summed E-state index contributed by atoms with van der Waals surface area (Å²) in [6, 6.07) is 20.7. The summed E-state index contributed by atoms with van der Waals surface area (Å²) < 4.78 is 29.0. The Bertz CT molecular complexity index is 1340. The molecule has 0 saturated carbocycles. The summed E-state index contributed by atoms with van der Waals surface area (Å²) in [6.45, 7) is 7.14. The van der Waals surface area contributed by atoms with E-state index in [0.717, 1.165) is 26.6 Å². The minimum atomic E-state index is -4.08. The van der Waals surface area contributed by atoms with Crippen molar-refractivity contribution in [2.75, 3.05) is 17.9 Å². The highest BCUT2D eigenvalue weighted by atomic mass is 32.2. The lowest BCUT2D eigenvalue weighted by Gasteiger charge is -2.33. The second kappa shape index (κ2) is 12.1. The van der Waals surface area contributed by atoms with Gasteiger partial charge < -0.3 is 10.2 Å². The van der Waals surface area contributed by atoms with Crippen LogP contribution in [0.15, 0.2) is 77.7 Å². The van der Waals surface area contributed by atoms with Gasteiger partial charge in [0.1, 0.15) is 12.6 Å². The molecule has 0 aliphatic carbocycles. The zero-order chi connectivity index (χ0) is 27.2. The third-order valence-corrected chi connectivity index (χ3v) is 8.12. The molecule has 0 spiro atoms. The first-order valence-corrected chi connectivity index (χ1v) is 13.7. The molecule has 1 N–H and O–H groups in total. The van der Waals surface area contributed by atoms with Gasteiger partial charge in [0.05, 0.1) is 10.6 Å². The molecule has 0 aromatic heterocycles.